The fourth-order valence-electron chi connectivity index (χ4n) is 3.13. The molecule has 0 saturated heterocycles. The van der Waals surface area contributed by atoms with Crippen LogP contribution in [-0.4, -0.2) is 57.2 Å². The molecule has 0 aliphatic heterocycles. The first-order valence-corrected chi connectivity index (χ1v) is 10.7. The normalized spacial score (nSPS) is 11.0. The van der Waals surface area contributed by atoms with Gasteiger partial charge in [0.15, 0.2) is 17.5 Å². The standard InChI is InChI=1S/C24H34N4O3/c1-5-25-24(26-15-14-19-12-13-21(30-3)22(16-19)31-4)27-17-23(29)28(6-2)18-20-10-8-7-9-11-20/h7-13,16H,5-6,14-15,17-18H2,1-4H3,(H2,25,26,27). The molecule has 2 aromatic carbocycles. The molecule has 31 heavy (non-hydrogen) atoms. The summed E-state index contributed by atoms with van der Waals surface area (Å²) in [6, 6.07) is 15.9. The highest BCUT2D eigenvalue weighted by Crippen LogP contribution is 2.27. The smallest absolute Gasteiger partial charge is 0.244 e. The Bertz CT molecular complexity index is 840. The van der Waals surface area contributed by atoms with E-state index in [1.165, 1.54) is 0 Å². The zero-order valence-electron chi connectivity index (χ0n) is 19.0. The van der Waals surface area contributed by atoms with Crippen molar-refractivity contribution in [3.63, 3.8) is 0 Å². The number of hydrogen-bond donors (Lipinski definition) is 2. The van der Waals surface area contributed by atoms with E-state index < -0.39 is 0 Å². The van der Waals surface area contributed by atoms with Crippen molar-refractivity contribution >= 4 is 11.9 Å². The molecule has 0 aliphatic carbocycles. The maximum absolute atomic E-state index is 12.7. The van der Waals surface area contributed by atoms with Crippen LogP contribution in [0.25, 0.3) is 0 Å². The van der Waals surface area contributed by atoms with Crippen molar-refractivity contribution < 1.29 is 14.3 Å². The molecule has 2 rings (SSSR count). The van der Waals surface area contributed by atoms with Crippen molar-refractivity contribution in [2.24, 2.45) is 4.99 Å². The quantitative estimate of drug-likeness (QED) is 0.427. The first-order chi connectivity index (χ1) is 15.1. The molecular weight excluding hydrogens is 392 g/mol. The Balaban J connectivity index is 1.91. The Morgan fingerprint density at radius 3 is 2.35 bits per heavy atom. The molecule has 1 amide bonds. The molecule has 168 valence electrons. The van der Waals surface area contributed by atoms with Gasteiger partial charge in [0.2, 0.25) is 5.91 Å². The lowest BCUT2D eigenvalue weighted by atomic mass is 10.1. The Morgan fingerprint density at radius 2 is 1.71 bits per heavy atom. The van der Waals surface area contributed by atoms with Gasteiger partial charge < -0.3 is 25.0 Å². The van der Waals surface area contributed by atoms with Crippen LogP contribution >= 0.6 is 0 Å². The summed E-state index contributed by atoms with van der Waals surface area (Å²) in [6.45, 7) is 6.72. The third-order valence-corrected chi connectivity index (χ3v) is 4.82. The Morgan fingerprint density at radius 1 is 0.968 bits per heavy atom. The molecule has 2 aromatic rings. The summed E-state index contributed by atoms with van der Waals surface area (Å²) in [5.74, 6) is 2.06. The highest BCUT2D eigenvalue weighted by molar-refractivity contribution is 5.85. The van der Waals surface area contributed by atoms with Crippen LogP contribution in [0, 0.1) is 0 Å². The molecule has 0 radical (unpaired) electrons. The van der Waals surface area contributed by atoms with Gasteiger partial charge in [-0.1, -0.05) is 36.4 Å². The topological polar surface area (TPSA) is 75.2 Å². The summed E-state index contributed by atoms with van der Waals surface area (Å²) < 4.78 is 10.6. The number of carbonyl (C=O) groups excluding carboxylic acids is 1. The second kappa shape index (κ2) is 13.2. The molecule has 0 saturated carbocycles. The average molecular weight is 427 g/mol. The summed E-state index contributed by atoms with van der Waals surface area (Å²) in [5.41, 5.74) is 2.23. The van der Waals surface area contributed by atoms with Gasteiger partial charge in [-0.05, 0) is 43.5 Å². The van der Waals surface area contributed by atoms with E-state index in [0.29, 0.717) is 37.1 Å². The largest absolute Gasteiger partial charge is 0.493 e. The molecule has 2 N–H and O–H groups in total. The molecule has 0 aliphatic rings. The summed E-state index contributed by atoms with van der Waals surface area (Å²) in [6.07, 6.45) is 0.786. The van der Waals surface area contributed by atoms with E-state index in [4.69, 9.17) is 9.47 Å². The van der Waals surface area contributed by atoms with Crippen LogP contribution in [-0.2, 0) is 17.8 Å². The molecular formula is C24H34N4O3. The van der Waals surface area contributed by atoms with E-state index >= 15 is 0 Å². The highest BCUT2D eigenvalue weighted by atomic mass is 16.5. The van der Waals surface area contributed by atoms with Gasteiger partial charge in [0.05, 0.1) is 14.2 Å². The summed E-state index contributed by atoms with van der Waals surface area (Å²) in [5, 5.41) is 6.49. The molecule has 0 heterocycles. The summed E-state index contributed by atoms with van der Waals surface area (Å²) in [7, 11) is 3.25. The third kappa shape index (κ3) is 7.85. The van der Waals surface area contributed by atoms with Crippen molar-refractivity contribution in [1.29, 1.82) is 0 Å². The highest BCUT2D eigenvalue weighted by Gasteiger charge is 2.12. The first kappa shape index (κ1) is 24.1. The van der Waals surface area contributed by atoms with Crippen LogP contribution in [0.2, 0.25) is 0 Å². The Labute approximate surface area is 185 Å². The third-order valence-electron chi connectivity index (χ3n) is 4.82. The van der Waals surface area contributed by atoms with Crippen LogP contribution in [0.5, 0.6) is 11.5 Å². The Kier molecular flexibility index (Phi) is 10.2. The molecule has 7 heteroatoms. The lowest BCUT2D eigenvalue weighted by Crippen LogP contribution is -2.40. The maximum Gasteiger partial charge on any atom is 0.244 e. The number of nitrogens with zero attached hydrogens (tertiary/aromatic N) is 2. The van der Waals surface area contributed by atoms with Crippen LogP contribution in [0.3, 0.4) is 0 Å². The lowest BCUT2D eigenvalue weighted by molar-refractivity contribution is -0.130. The van der Waals surface area contributed by atoms with Crippen molar-refractivity contribution in [2.75, 3.05) is 40.4 Å². The van der Waals surface area contributed by atoms with E-state index in [1.807, 2.05) is 67.3 Å². The fraction of sp³-hybridized carbons (Fsp3) is 0.417. The SMILES string of the molecule is CCNC(=NCC(=O)N(CC)Cc1ccccc1)NCCc1ccc(OC)c(OC)c1. The summed E-state index contributed by atoms with van der Waals surface area (Å²) in [4.78, 5) is 18.9. The predicted molar refractivity (Wildman–Crippen MR) is 125 cm³/mol. The van der Waals surface area contributed by atoms with Gasteiger partial charge in [-0.15, -0.1) is 0 Å². The number of hydrogen-bond acceptors (Lipinski definition) is 4. The first-order valence-electron chi connectivity index (χ1n) is 10.7. The van der Waals surface area contributed by atoms with Crippen LogP contribution in [0.15, 0.2) is 53.5 Å². The Hall–Kier alpha value is -3.22. The van der Waals surface area contributed by atoms with Crippen molar-refractivity contribution in [1.82, 2.24) is 15.5 Å². The molecule has 0 aromatic heterocycles. The van der Waals surface area contributed by atoms with Crippen molar-refractivity contribution in [3.8, 4) is 11.5 Å². The number of guanidine groups is 1. The van der Waals surface area contributed by atoms with Crippen LogP contribution < -0.4 is 20.1 Å². The summed E-state index contributed by atoms with van der Waals surface area (Å²) >= 11 is 0. The van der Waals surface area contributed by atoms with Gasteiger partial charge in [-0.3, -0.25) is 4.79 Å². The number of rotatable bonds is 11. The van der Waals surface area contributed by atoms with E-state index in [2.05, 4.69) is 15.6 Å². The number of likely N-dealkylation sites (N-methyl/N-ethyl adjacent to an activating group) is 1. The second-order valence-electron chi connectivity index (χ2n) is 6.95. The maximum atomic E-state index is 12.7. The fourth-order valence-corrected chi connectivity index (χ4v) is 3.13. The van der Waals surface area contributed by atoms with Crippen LogP contribution in [0.4, 0.5) is 0 Å². The lowest BCUT2D eigenvalue weighted by Gasteiger charge is -2.20. The monoisotopic (exact) mass is 426 g/mol. The van der Waals surface area contributed by atoms with E-state index in [0.717, 1.165) is 24.1 Å². The molecule has 0 atom stereocenters. The number of aliphatic imine (C=N–C) groups is 1. The molecule has 0 spiro atoms. The molecule has 0 bridgehead atoms. The number of carbonyl (C=O) groups is 1. The van der Waals surface area contributed by atoms with Gasteiger partial charge in [-0.25, -0.2) is 4.99 Å². The number of amides is 1. The zero-order valence-corrected chi connectivity index (χ0v) is 19.0. The minimum atomic E-state index is 0.00319. The van der Waals surface area contributed by atoms with Gasteiger partial charge in [-0.2, -0.15) is 0 Å². The van der Waals surface area contributed by atoms with Crippen molar-refractivity contribution in [3.05, 3.63) is 59.7 Å². The van der Waals surface area contributed by atoms with Gasteiger partial charge in [0.1, 0.15) is 6.54 Å². The van der Waals surface area contributed by atoms with Crippen LogP contribution in [0.1, 0.15) is 25.0 Å². The number of benzene rings is 2. The van der Waals surface area contributed by atoms with E-state index in [-0.39, 0.29) is 12.5 Å². The molecule has 0 fully saturated rings. The molecule has 7 nitrogen and oxygen atoms in total. The second-order valence-corrected chi connectivity index (χ2v) is 6.95. The number of ether oxygens (including phenoxy) is 2. The van der Waals surface area contributed by atoms with E-state index in [9.17, 15) is 4.79 Å². The van der Waals surface area contributed by atoms with Gasteiger partial charge in [0.25, 0.3) is 0 Å². The minimum absolute atomic E-state index is 0.00319. The van der Waals surface area contributed by atoms with Gasteiger partial charge in [0, 0.05) is 26.2 Å². The molecule has 0 unspecified atom stereocenters. The van der Waals surface area contributed by atoms with Gasteiger partial charge >= 0.3 is 0 Å². The predicted octanol–water partition coefficient (Wildman–Crippen LogP) is 2.85. The average Bonchev–Trinajstić information content (AvgIpc) is 2.81. The van der Waals surface area contributed by atoms with Crippen molar-refractivity contribution in [2.45, 2.75) is 26.8 Å². The number of nitrogens with one attached hydrogen (secondary N) is 2. The number of methoxy groups -OCH3 is 2. The minimum Gasteiger partial charge on any atom is -0.493 e. The van der Waals surface area contributed by atoms with E-state index in [1.54, 1.807) is 14.2 Å². The zero-order chi connectivity index (χ0) is 22.5.